The Kier molecular flexibility index (Phi) is 11.5. The number of nitrogens with one attached hydrogen (secondary N) is 2. The van der Waals surface area contributed by atoms with Gasteiger partial charge in [0.2, 0.25) is 0 Å². The summed E-state index contributed by atoms with van der Waals surface area (Å²) in [5.74, 6) is -0.294. The Morgan fingerprint density at radius 2 is 1.90 bits per heavy atom. The zero-order chi connectivity index (χ0) is 15.2. The highest BCUT2D eigenvalue weighted by molar-refractivity contribution is 5.97. The number of carbonyl (C=O) groups excluding carboxylic acids is 1. The maximum absolute atomic E-state index is 11.7. The molecule has 0 aromatic rings. The molecule has 0 spiro atoms. The van der Waals surface area contributed by atoms with Crippen molar-refractivity contribution in [2.75, 3.05) is 32.7 Å². The van der Waals surface area contributed by atoms with Crippen molar-refractivity contribution in [1.82, 2.24) is 15.5 Å². The third-order valence-electron chi connectivity index (χ3n) is 3.12. The summed E-state index contributed by atoms with van der Waals surface area (Å²) in [5, 5.41) is 14.7. The summed E-state index contributed by atoms with van der Waals surface area (Å²) >= 11 is 0. The van der Waals surface area contributed by atoms with Crippen molar-refractivity contribution in [3.05, 3.63) is 11.8 Å². The van der Waals surface area contributed by atoms with Crippen LogP contribution in [0.3, 0.4) is 0 Å². The molecule has 0 heterocycles. The van der Waals surface area contributed by atoms with Crippen molar-refractivity contribution >= 4 is 5.91 Å². The SMILES string of the molecule is CCCCNC(=O)/C(C#N)=C\NCCCN(CC)CC. The molecule has 1 amide bonds. The average molecular weight is 280 g/mol. The molecule has 0 aromatic heterocycles. The summed E-state index contributed by atoms with van der Waals surface area (Å²) in [6, 6.07) is 1.93. The Bertz CT molecular complexity index is 329. The number of carbonyl (C=O) groups is 1. The first-order valence-electron chi connectivity index (χ1n) is 7.53. The van der Waals surface area contributed by atoms with Gasteiger partial charge in [0.15, 0.2) is 0 Å². The molecular formula is C15H28N4O. The van der Waals surface area contributed by atoms with E-state index in [-0.39, 0.29) is 11.5 Å². The Labute approximate surface area is 123 Å². The van der Waals surface area contributed by atoms with E-state index < -0.39 is 0 Å². The summed E-state index contributed by atoms with van der Waals surface area (Å²) < 4.78 is 0. The van der Waals surface area contributed by atoms with E-state index in [1.165, 1.54) is 6.20 Å². The fourth-order valence-electron chi connectivity index (χ4n) is 1.74. The Balaban J connectivity index is 3.95. The van der Waals surface area contributed by atoms with Gasteiger partial charge in [0.25, 0.3) is 5.91 Å². The van der Waals surface area contributed by atoms with Gasteiger partial charge < -0.3 is 15.5 Å². The molecule has 0 rings (SSSR count). The largest absolute Gasteiger partial charge is 0.390 e. The standard InChI is InChI=1S/C15H28N4O/c1-4-7-10-18-15(20)14(12-16)13-17-9-8-11-19(5-2)6-3/h13,17H,4-11H2,1-3H3,(H,18,20)/b14-13-. The minimum atomic E-state index is -0.294. The topological polar surface area (TPSA) is 68.2 Å². The molecule has 0 atom stereocenters. The molecule has 0 unspecified atom stereocenters. The van der Waals surface area contributed by atoms with Gasteiger partial charge in [-0.1, -0.05) is 27.2 Å². The van der Waals surface area contributed by atoms with Crippen LogP contribution in [0.5, 0.6) is 0 Å². The number of unbranched alkanes of at least 4 members (excludes halogenated alkanes) is 1. The number of rotatable bonds is 11. The molecule has 2 N–H and O–H groups in total. The highest BCUT2D eigenvalue weighted by atomic mass is 16.1. The highest BCUT2D eigenvalue weighted by Crippen LogP contribution is 1.93. The van der Waals surface area contributed by atoms with E-state index in [9.17, 15) is 4.79 Å². The molecule has 0 radical (unpaired) electrons. The Morgan fingerprint density at radius 1 is 1.20 bits per heavy atom. The molecule has 0 saturated carbocycles. The molecule has 0 aliphatic carbocycles. The van der Waals surface area contributed by atoms with Crippen LogP contribution in [0, 0.1) is 11.3 Å². The van der Waals surface area contributed by atoms with Crippen molar-refractivity contribution in [2.45, 2.75) is 40.0 Å². The van der Waals surface area contributed by atoms with Gasteiger partial charge in [-0.15, -0.1) is 0 Å². The fourth-order valence-corrected chi connectivity index (χ4v) is 1.74. The van der Waals surface area contributed by atoms with Gasteiger partial charge in [-0.25, -0.2) is 0 Å². The van der Waals surface area contributed by atoms with E-state index in [2.05, 4.69) is 36.3 Å². The molecule has 0 fully saturated rings. The van der Waals surface area contributed by atoms with Crippen LogP contribution in [0.15, 0.2) is 11.8 Å². The highest BCUT2D eigenvalue weighted by Gasteiger charge is 2.07. The normalized spacial score (nSPS) is 11.2. The molecule has 20 heavy (non-hydrogen) atoms. The molecule has 114 valence electrons. The van der Waals surface area contributed by atoms with Gasteiger partial charge in [0.1, 0.15) is 11.6 Å². The number of hydrogen-bond donors (Lipinski definition) is 2. The second-order valence-electron chi connectivity index (χ2n) is 4.61. The molecule has 5 heteroatoms. The van der Waals surface area contributed by atoms with Crippen molar-refractivity contribution in [3.8, 4) is 6.07 Å². The van der Waals surface area contributed by atoms with Gasteiger partial charge in [-0.05, 0) is 32.5 Å². The van der Waals surface area contributed by atoms with E-state index in [4.69, 9.17) is 5.26 Å². The summed E-state index contributed by atoms with van der Waals surface area (Å²) in [5.41, 5.74) is 0.143. The molecule has 5 nitrogen and oxygen atoms in total. The molecule has 0 saturated heterocycles. The van der Waals surface area contributed by atoms with Crippen LogP contribution >= 0.6 is 0 Å². The molecule has 0 aliphatic heterocycles. The zero-order valence-electron chi connectivity index (χ0n) is 13.0. The maximum Gasteiger partial charge on any atom is 0.263 e. The summed E-state index contributed by atoms with van der Waals surface area (Å²) in [4.78, 5) is 14.0. The Hall–Kier alpha value is -1.54. The van der Waals surface area contributed by atoms with Gasteiger partial charge in [-0.2, -0.15) is 5.26 Å². The lowest BCUT2D eigenvalue weighted by atomic mass is 10.2. The Morgan fingerprint density at radius 3 is 2.45 bits per heavy atom. The van der Waals surface area contributed by atoms with E-state index in [1.807, 2.05) is 6.07 Å². The molecule has 0 aliphatic rings. The van der Waals surface area contributed by atoms with E-state index in [1.54, 1.807) is 0 Å². The van der Waals surface area contributed by atoms with Gasteiger partial charge in [-0.3, -0.25) is 4.79 Å². The minimum absolute atomic E-state index is 0.143. The van der Waals surface area contributed by atoms with Crippen molar-refractivity contribution in [1.29, 1.82) is 5.26 Å². The summed E-state index contributed by atoms with van der Waals surface area (Å²) in [6.45, 7) is 10.9. The first-order chi connectivity index (χ1) is 9.69. The number of nitrogens with zero attached hydrogens (tertiary/aromatic N) is 2. The zero-order valence-corrected chi connectivity index (χ0v) is 13.0. The van der Waals surface area contributed by atoms with Crippen molar-refractivity contribution in [2.24, 2.45) is 0 Å². The second-order valence-corrected chi connectivity index (χ2v) is 4.61. The van der Waals surface area contributed by atoms with E-state index in [0.717, 1.165) is 45.4 Å². The monoisotopic (exact) mass is 280 g/mol. The summed E-state index contributed by atoms with van der Waals surface area (Å²) in [6.07, 6.45) is 4.47. The third kappa shape index (κ3) is 8.54. The van der Waals surface area contributed by atoms with Crippen LogP contribution < -0.4 is 10.6 Å². The molecule has 0 aromatic carbocycles. The van der Waals surface area contributed by atoms with E-state index >= 15 is 0 Å². The molecular weight excluding hydrogens is 252 g/mol. The number of hydrogen-bond acceptors (Lipinski definition) is 4. The predicted molar refractivity (Wildman–Crippen MR) is 82.0 cm³/mol. The lowest BCUT2D eigenvalue weighted by Crippen LogP contribution is -2.28. The van der Waals surface area contributed by atoms with E-state index in [0.29, 0.717) is 6.54 Å². The smallest absolute Gasteiger partial charge is 0.263 e. The van der Waals surface area contributed by atoms with Crippen LogP contribution in [-0.4, -0.2) is 43.5 Å². The maximum atomic E-state index is 11.7. The second kappa shape index (κ2) is 12.5. The fraction of sp³-hybridized carbons (Fsp3) is 0.733. The average Bonchev–Trinajstić information content (AvgIpc) is 2.47. The van der Waals surface area contributed by atoms with Crippen LogP contribution in [0.1, 0.15) is 40.0 Å². The van der Waals surface area contributed by atoms with Crippen LogP contribution in [0.25, 0.3) is 0 Å². The summed E-state index contributed by atoms with van der Waals surface area (Å²) in [7, 11) is 0. The third-order valence-corrected chi connectivity index (χ3v) is 3.12. The van der Waals surface area contributed by atoms with Gasteiger partial charge >= 0.3 is 0 Å². The lowest BCUT2D eigenvalue weighted by Gasteiger charge is -2.17. The quantitative estimate of drug-likeness (QED) is 0.343. The first kappa shape index (κ1) is 18.5. The molecule has 0 bridgehead atoms. The lowest BCUT2D eigenvalue weighted by molar-refractivity contribution is -0.117. The predicted octanol–water partition coefficient (Wildman–Crippen LogP) is 1.63. The van der Waals surface area contributed by atoms with Crippen molar-refractivity contribution < 1.29 is 4.79 Å². The minimum Gasteiger partial charge on any atom is -0.390 e. The van der Waals surface area contributed by atoms with Gasteiger partial charge in [0, 0.05) is 19.3 Å². The number of nitriles is 1. The number of amides is 1. The van der Waals surface area contributed by atoms with Gasteiger partial charge in [0.05, 0.1) is 0 Å². The van der Waals surface area contributed by atoms with Crippen LogP contribution in [0.2, 0.25) is 0 Å². The van der Waals surface area contributed by atoms with Crippen LogP contribution in [-0.2, 0) is 4.79 Å². The van der Waals surface area contributed by atoms with Crippen LogP contribution in [0.4, 0.5) is 0 Å². The first-order valence-corrected chi connectivity index (χ1v) is 7.53. The van der Waals surface area contributed by atoms with Crippen molar-refractivity contribution in [3.63, 3.8) is 0 Å².